The van der Waals surface area contributed by atoms with Gasteiger partial charge >= 0.3 is 0 Å². The van der Waals surface area contributed by atoms with Crippen LogP contribution < -0.4 is 9.62 Å². The number of carbonyl (C=O) groups excluding carboxylic acids is 1. The summed E-state index contributed by atoms with van der Waals surface area (Å²) in [6.45, 7) is -0.211. The van der Waals surface area contributed by atoms with Crippen molar-refractivity contribution < 1.29 is 13.2 Å². The largest absolute Gasteiger partial charge is 0.352 e. The third-order valence-corrected chi connectivity index (χ3v) is 5.66. The predicted octanol–water partition coefficient (Wildman–Crippen LogP) is 3.34. The molecular weight excluding hydrogens is 348 g/mol. The second kappa shape index (κ2) is 8.72. The molecule has 2 rings (SSSR count). The molecule has 7 heteroatoms. The number of rotatable bonds is 5. The summed E-state index contributed by atoms with van der Waals surface area (Å²) in [4.78, 5) is 12.4. The van der Waals surface area contributed by atoms with Gasteiger partial charge in [-0.15, -0.1) is 0 Å². The molecule has 0 saturated heterocycles. The van der Waals surface area contributed by atoms with Gasteiger partial charge < -0.3 is 5.32 Å². The summed E-state index contributed by atoms with van der Waals surface area (Å²) in [5, 5.41) is 3.52. The first-order valence-corrected chi connectivity index (χ1v) is 10.6. The van der Waals surface area contributed by atoms with Gasteiger partial charge in [-0.1, -0.05) is 43.7 Å². The number of nitrogens with one attached hydrogen (secondary N) is 1. The fourth-order valence-corrected chi connectivity index (χ4v) is 3.99. The topological polar surface area (TPSA) is 66.5 Å². The molecule has 0 unspecified atom stereocenters. The van der Waals surface area contributed by atoms with Crippen LogP contribution >= 0.6 is 11.6 Å². The minimum Gasteiger partial charge on any atom is -0.352 e. The zero-order valence-electron chi connectivity index (χ0n) is 14.0. The average molecular weight is 373 g/mol. The maximum Gasteiger partial charge on any atom is 0.240 e. The lowest BCUT2D eigenvalue weighted by atomic mass is 9.97. The molecule has 1 fully saturated rings. The Bertz CT molecular complexity index is 638. The highest BCUT2D eigenvalue weighted by molar-refractivity contribution is 7.92. The van der Waals surface area contributed by atoms with Crippen molar-refractivity contribution in [2.45, 2.75) is 51.0 Å². The van der Waals surface area contributed by atoms with Crippen LogP contribution in [0.1, 0.15) is 44.9 Å². The monoisotopic (exact) mass is 372 g/mol. The number of benzene rings is 1. The summed E-state index contributed by atoms with van der Waals surface area (Å²) >= 11 is 5.85. The van der Waals surface area contributed by atoms with Crippen LogP contribution in [0.3, 0.4) is 0 Å². The molecule has 0 bridgehead atoms. The third-order valence-electron chi connectivity index (χ3n) is 4.27. The molecule has 0 atom stereocenters. The molecule has 1 N–H and O–H groups in total. The van der Waals surface area contributed by atoms with E-state index < -0.39 is 10.0 Å². The zero-order chi connectivity index (χ0) is 17.6. The molecule has 1 saturated carbocycles. The molecule has 5 nitrogen and oxygen atoms in total. The van der Waals surface area contributed by atoms with Gasteiger partial charge in [-0.25, -0.2) is 8.42 Å². The smallest absolute Gasteiger partial charge is 0.240 e. The van der Waals surface area contributed by atoms with Gasteiger partial charge in [-0.2, -0.15) is 0 Å². The van der Waals surface area contributed by atoms with Crippen molar-refractivity contribution in [3.05, 3.63) is 29.3 Å². The van der Waals surface area contributed by atoms with E-state index in [0.717, 1.165) is 36.2 Å². The first kappa shape index (κ1) is 19.1. The molecule has 0 spiro atoms. The van der Waals surface area contributed by atoms with Gasteiger partial charge in [0.05, 0.1) is 11.9 Å². The van der Waals surface area contributed by atoms with Crippen molar-refractivity contribution in [2.24, 2.45) is 0 Å². The Morgan fingerprint density at radius 3 is 2.21 bits per heavy atom. The minimum absolute atomic E-state index is 0.143. The zero-order valence-corrected chi connectivity index (χ0v) is 15.6. The van der Waals surface area contributed by atoms with E-state index in [1.165, 1.54) is 19.3 Å². The number of sulfonamides is 1. The Kier molecular flexibility index (Phi) is 6.92. The van der Waals surface area contributed by atoms with E-state index in [9.17, 15) is 13.2 Å². The average Bonchev–Trinajstić information content (AvgIpc) is 2.47. The van der Waals surface area contributed by atoms with Crippen LogP contribution in [0.4, 0.5) is 5.69 Å². The van der Waals surface area contributed by atoms with Crippen molar-refractivity contribution in [3.63, 3.8) is 0 Å². The summed E-state index contributed by atoms with van der Waals surface area (Å²) in [5.74, 6) is -0.263. The fraction of sp³-hybridized carbons (Fsp3) is 0.588. The lowest BCUT2D eigenvalue weighted by Crippen LogP contribution is -2.44. The van der Waals surface area contributed by atoms with Crippen molar-refractivity contribution in [1.29, 1.82) is 0 Å². The standard InChI is InChI=1S/C17H25ClN2O3S/c1-24(22,23)20(16-11-9-14(18)10-12-16)13-17(21)19-15-7-5-3-2-4-6-8-15/h9-12,15H,2-8,13H2,1H3,(H,19,21). The first-order chi connectivity index (χ1) is 11.4. The van der Waals surface area contributed by atoms with Gasteiger partial charge in [0.25, 0.3) is 0 Å². The molecule has 1 aliphatic carbocycles. The van der Waals surface area contributed by atoms with Gasteiger partial charge in [0.1, 0.15) is 6.54 Å². The van der Waals surface area contributed by atoms with Crippen LogP contribution in [-0.4, -0.2) is 33.2 Å². The Labute approximate surface area is 149 Å². The molecule has 0 radical (unpaired) electrons. The molecule has 24 heavy (non-hydrogen) atoms. The molecule has 1 aliphatic rings. The lowest BCUT2D eigenvalue weighted by Gasteiger charge is -2.25. The van der Waals surface area contributed by atoms with Crippen LogP contribution in [0.25, 0.3) is 0 Å². The van der Waals surface area contributed by atoms with E-state index in [0.29, 0.717) is 10.7 Å². The summed E-state index contributed by atoms with van der Waals surface area (Å²) in [5.41, 5.74) is 0.440. The van der Waals surface area contributed by atoms with Crippen molar-refractivity contribution in [1.82, 2.24) is 5.32 Å². The van der Waals surface area contributed by atoms with Gasteiger partial charge in [0.2, 0.25) is 15.9 Å². The molecule has 134 valence electrons. The molecule has 0 aliphatic heterocycles. The Hall–Kier alpha value is -1.27. The van der Waals surface area contributed by atoms with Crippen LogP contribution in [-0.2, 0) is 14.8 Å². The third kappa shape index (κ3) is 5.98. The van der Waals surface area contributed by atoms with E-state index in [1.54, 1.807) is 24.3 Å². The van der Waals surface area contributed by atoms with Crippen molar-refractivity contribution in [3.8, 4) is 0 Å². The van der Waals surface area contributed by atoms with E-state index in [2.05, 4.69) is 5.32 Å². The highest BCUT2D eigenvalue weighted by Gasteiger charge is 2.22. The van der Waals surface area contributed by atoms with Gasteiger partial charge in [-0.3, -0.25) is 9.10 Å². The van der Waals surface area contributed by atoms with Crippen LogP contribution in [0.15, 0.2) is 24.3 Å². The number of amides is 1. The van der Waals surface area contributed by atoms with Gasteiger partial charge in [0.15, 0.2) is 0 Å². The van der Waals surface area contributed by atoms with E-state index in [-0.39, 0.29) is 18.5 Å². The molecule has 0 heterocycles. The fourth-order valence-electron chi connectivity index (χ4n) is 3.01. The van der Waals surface area contributed by atoms with Crippen LogP contribution in [0.5, 0.6) is 0 Å². The second-order valence-electron chi connectivity index (χ2n) is 6.36. The molecule has 1 amide bonds. The van der Waals surface area contributed by atoms with Crippen molar-refractivity contribution >= 4 is 33.2 Å². The summed E-state index contributed by atoms with van der Waals surface area (Å²) in [6.07, 6.45) is 8.91. The van der Waals surface area contributed by atoms with Gasteiger partial charge in [-0.05, 0) is 37.1 Å². The number of hydrogen-bond donors (Lipinski definition) is 1. The summed E-state index contributed by atoms with van der Waals surface area (Å²) < 4.78 is 25.2. The molecule has 0 aromatic heterocycles. The SMILES string of the molecule is CS(=O)(=O)N(CC(=O)NC1CCCCCCC1)c1ccc(Cl)cc1. The van der Waals surface area contributed by atoms with E-state index in [4.69, 9.17) is 11.6 Å². The van der Waals surface area contributed by atoms with E-state index in [1.807, 2.05) is 0 Å². The Morgan fingerprint density at radius 2 is 1.67 bits per heavy atom. The predicted molar refractivity (Wildman–Crippen MR) is 97.9 cm³/mol. The lowest BCUT2D eigenvalue weighted by molar-refractivity contribution is -0.120. The quantitative estimate of drug-likeness (QED) is 0.861. The maximum atomic E-state index is 12.4. The van der Waals surface area contributed by atoms with Crippen LogP contribution in [0.2, 0.25) is 5.02 Å². The molecule has 1 aromatic carbocycles. The maximum absolute atomic E-state index is 12.4. The summed E-state index contributed by atoms with van der Waals surface area (Å²) in [6, 6.07) is 6.58. The number of nitrogens with zero attached hydrogens (tertiary/aromatic N) is 1. The van der Waals surface area contributed by atoms with E-state index >= 15 is 0 Å². The minimum atomic E-state index is -3.55. The number of anilines is 1. The highest BCUT2D eigenvalue weighted by Crippen LogP contribution is 2.21. The first-order valence-electron chi connectivity index (χ1n) is 8.39. The Morgan fingerprint density at radius 1 is 1.12 bits per heavy atom. The van der Waals surface area contributed by atoms with Crippen LogP contribution in [0, 0.1) is 0 Å². The summed E-state index contributed by atoms with van der Waals surface area (Å²) in [7, 11) is -3.55. The van der Waals surface area contributed by atoms with Gasteiger partial charge in [0, 0.05) is 11.1 Å². The normalized spacial score (nSPS) is 16.9. The number of halogens is 1. The number of hydrogen-bond acceptors (Lipinski definition) is 3. The molecular formula is C17H25ClN2O3S. The Balaban J connectivity index is 2.03. The second-order valence-corrected chi connectivity index (χ2v) is 8.70. The van der Waals surface area contributed by atoms with Crippen molar-refractivity contribution in [2.75, 3.05) is 17.1 Å². The highest BCUT2D eigenvalue weighted by atomic mass is 35.5. The molecule has 1 aromatic rings. The number of carbonyl (C=O) groups is 1.